The summed E-state index contributed by atoms with van der Waals surface area (Å²) >= 11 is 0. The van der Waals surface area contributed by atoms with Crippen molar-refractivity contribution in [3.8, 4) is 51.0 Å². The van der Waals surface area contributed by atoms with E-state index in [9.17, 15) is 8.42 Å². The molecule has 0 aliphatic carbocycles. The summed E-state index contributed by atoms with van der Waals surface area (Å²) in [5, 5.41) is 6.23. The van der Waals surface area contributed by atoms with Gasteiger partial charge >= 0.3 is 6.01 Å². The third-order valence-corrected chi connectivity index (χ3v) is 7.21. The van der Waals surface area contributed by atoms with Gasteiger partial charge in [-0.1, -0.05) is 18.2 Å². The van der Waals surface area contributed by atoms with Crippen molar-refractivity contribution in [3.05, 3.63) is 67.1 Å². The number of sulfonamides is 1. The van der Waals surface area contributed by atoms with Gasteiger partial charge in [-0.2, -0.15) is 10.1 Å². The highest BCUT2D eigenvalue weighted by Crippen LogP contribution is 2.45. The number of anilines is 1. The van der Waals surface area contributed by atoms with Crippen molar-refractivity contribution in [3.63, 3.8) is 0 Å². The van der Waals surface area contributed by atoms with Crippen LogP contribution >= 0.6 is 0 Å². The molecular formula is C34H39N5O5S. The average molecular weight is 630 g/mol. The third-order valence-electron chi connectivity index (χ3n) is 6.61. The topological polar surface area (TPSA) is 117 Å². The van der Waals surface area contributed by atoms with Crippen LogP contribution in [0.15, 0.2) is 67.1 Å². The van der Waals surface area contributed by atoms with Crippen LogP contribution in [0, 0.1) is 0 Å². The van der Waals surface area contributed by atoms with Crippen molar-refractivity contribution in [2.24, 2.45) is 7.05 Å². The van der Waals surface area contributed by atoms with Gasteiger partial charge in [-0.25, -0.2) is 13.4 Å². The molecule has 0 saturated heterocycles. The molecule has 0 unspecified atom stereocenters. The molecule has 236 valence electrons. The largest absolute Gasteiger partial charge is 0.495 e. The van der Waals surface area contributed by atoms with Gasteiger partial charge in [-0.15, -0.1) is 0 Å². The van der Waals surface area contributed by atoms with Gasteiger partial charge in [0, 0.05) is 41.8 Å². The van der Waals surface area contributed by atoms with E-state index in [1.165, 1.54) is 0 Å². The molecule has 2 aromatic heterocycles. The Morgan fingerprint density at radius 3 is 2.02 bits per heavy atom. The summed E-state index contributed by atoms with van der Waals surface area (Å²) in [7, 11) is 0.125. The Balaban J connectivity index is 1.73. The van der Waals surface area contributed by atoms with Crippen molar-refractivity contribution in [2.75, 3.05) is 18.1 Å². The molecule has 3 aromatic carbocycles. The van der Waals surface area contributed by atoms with E-state index in [4.69, 9.17) is 19.2 Å². The molecule has 5 aromatic rings. The minimum atomic E-state index is -3.40. The molecule has 0 aliphatic rings. The van der Waals surface area contributed by atoms with Gasteiger partial charge in [0.2, 0.25) is 15.9 Å². The number of aryl methyl sites for hydroxylation is 1. The van der Waals surface area contributed by atoms with Crippen LogP contribution in [0.3, 0.4) is 0 Å². The second kappa shape index (κ2) is 11.7. The number of hydrogen-bond acceptors (Lipinski definition) is 8. The maximum atomic E-state index is 11.8. The predicted octanol–water partition coefficient (Wildman–Crippen LogP) is 7.10. The van der Waals surface area contributed by atoms with Gasteiger partial charge in [0.25, 0.3) is 0 Å². The molecule has 0 amide bonds. The van der Waals surface area contributed by atoms with Crippen molar-refractivity contribution in [1.82, 2.24) is 19.7 Å². The number of aromatic nitrogens is 4. The first kappa shape index (κ1) is 31.8. The Labute approximate surface area is 264 Å². The maximum absolute atomic E-state index is 11.8. The van der Waals surface area contributed by atoms with Crippen LogP contribution < -0.4 is 18.9 Å². The van der Waals surface area contributed by atoms with E-state index < -0.39 is 21.2 Å². The number of nitrogens with zero attached hydrogens (tertiary/aromatic N) is 4. The van der Waals surface area contributed by atoms with Gasteiger partial charge in [-0.3, -0.25) is 9.40 Å². The first-order valence-electron chi connectivity index (χ1n) is 14.5. The zero-order valence-electron chi connectivity index (χ0n) is 27.1. The fourth-order valence-electron chi connectivity index (χ4n) is 4.92. The lowest BCUT2D eigenvalue weighted by molar-refractivity contribution is 0.103. The minimum Gasteiger partial charge on any atom is -0.495 e. The van der Waals surface area contributed by atoms with Crippen molar-refractivity contribution in [1.29, 1.82) is 0 Å². The van der Waals surface area contributed by atoms with Crippen LogP contribution in [0.5, 0.6) is 17.6 Å². The molecule has 1 N–H and O–H groups in total. The van der Waals surface area contributed by atoms with Crippen molar-refractivity contribution in [2.45, 2.75) is 52.7 Å². The molecule has 0 atom stereocenters. The second-order valence-corrected chi connectivity index (χ2v) is 14.7. The SMILES string of the molecule is COc1c(-c2ccc3cc(NS(C)(=O)=O)ccc3c2)cc(-c2cnc(OC(C)(C)C)nc2OC(C)(C)C)cc1-c1cnn(C)c1. The van der Waals surface area contributed by atoms with E-state index in [2.05, 4.69) is 20.9 Å². The predicted molar refractivity (Wildman–Crippen MR) is 178 cm³/mol. The zero-order chi connectivity index (χ0) is 32.7. The molecule has 11 heteroatoms. The summed E-state index contributed by atoms with van der Waals surface area (Å²) in [6.07, 6.45) is 6.59. The van der Waals surface area contributed by atoms with E-state index in [1.807, 2.05) is 91.2 Å². The highest BCUT2D eigenvalue weighted by Gasteiger charge is 2.24. The normalized spacial score (nSPS) is 12.3. The van der Waals surface area contributed by atoms with E-state index in [1.54, 1.807) is 30.3 Å². The maximum Gasteiger partial charge on any atom is 0.320 e. The van der Waals surface area contributed by atoms with Gasteiger partial charge in [0.1, 0.15) is 17.0 Å². The number of benzene rings is 3. The molecule has 0 bridgehead atoms. The quantitative estimate of drug-likeness (QED) is 0.193. The Hall–Kier alpha value is -4.64. The van der Waals surface area contributed by atoms with Gasteiger partial charge < -0.3 is 14.2 Å². The fourth-order valence-corrected chi connectivity index (χ4v) is 5.48. The van der Waals surface area contributed by atoms with E-state index in [-0.39, 0.29) is 6.01 Å². The number of fused-ring (bicyclic) bond motifs is 1. The summed E-state index contributed by atoms with van der Waals surface area (Å²) in [4.78, 5) is 9.24. The van der Waals surface area contributed by atoms with Gasteiger partial charge in [-0.05, 0) is 93.8 Å². The van der Waals surface area contributed by atoms with Crippen LogP contribution in [0.2, 0.25) is 0 Å². The van der Waals surface area contributed by atoms with Gasteiger partial charge in [0.15, 0.2) is 0 Å². The van der Waals surface area contributed by atoms with E-state index in [0.717, 1.165) is 44.8 Å². The standard InChI is InChI=1S/C34H39N5O5S/c1-33(2,3)43-31-29(19-35-32(37-31)44-34(4,5)6)24-16-27(30(42-8)28(17-24)25-18-36-39(7)20-25)23-11-10-22-15-26(38-45(9,40)41)13-12-21(22)14-23/h10-20,38H,1-9H3. The number of nitrogens with one attached hydrogen (secondary N) is 1. The average Bonchev–Trinajstić information content (AvgIpc) is 3.35. The molecule has 0 fully saturated rings. The lowest BCUT2D eigenvalue weighted by atomic mass is 9.92. The van der Waals surface area contributed by atoms with Crippen LogP contribution in [0.4, 0.5) is 5.69 Å². The smallest absolute Gasteiger partial charge is 0.320 e. The van der Waals surface area contributed by atoms with Crippen LogP contribution in [0.1, 0.15) is 41.5 Å². The first-order valence-corrected chi connectivity index (χ1v) is 16.4. The lowest BCUT2D eigenvalue weighted by Crippen LogP contribution is -2.26. The number of methoxy groups -OCH3 is 1. The summed E-state index contributed by atoms with van der Waals surface area (Å²) in [6, 6.07) is 15.7. The molecule has 45 heavy (non-hydrogen) atoms. The third kappa shape index (κ3) is 7.72. The molecule has 0 saturated carbocycles. The zero-order valence-corrected chi connectivity index (χ0v) is 27.9. The second-order valence-electron chi connectivity index (χ2n) is 13.0. The highest BCUT2D eigenvalue weighted by atomic mass is 32.2. The summed E-state index contributed by atoms with van der Waals surface area (Å²) < 4.78 is 46.2. The Morgan fingerprint density at radius 2 is 1.42 bits per heavy atom. The van der Waals surface area contributed by atoms with Crippen LogP contribution in [-0.4, -0.2) is 52.7 Å². The number of rotatable bonds is 8. The summed E-state index contributed by atoms with van der Waals surface area (Å²) in [5.41, 5.74) is 4.45. The molecule has 2 heterocycles. The van der Waals surface area contributed by atoms with Crippen LogP contribution in [0.25, 0.3) is 44.2 Å². The monoisotopic (exact) mass is 629 g/mol. The minimum absolute atomic E-state index is 0.228. The highest BCUT2D eigenvalue weighted by molar-refractivity contribution is 7.92. The van der Waals surface area contributed by atoms with Crippen molar-refractivity contribution < 1.29 is 22.6 Å². The molecule has 0 aliphatic heterocycles. The van der Waals surface area contributed by atoms with E-state index in [0.29, 0.717) is 22.9 Å². The van der Waals surface area contributed by atoms with E-state index >= 15 is 0 Å². The molecule has 0 spiro atoms. The van der Waals surface area contributed by atoms with Crippen molar-refractivity contribution >= 4 is 26.5 Å². The fraction of sp³-hybridized carbons (Fsp3) is 0.324. The molecular weight excluding hydrogens is 590 g/mol. The summed E-state index contributed by atoms with van der Waals surface area (Å²) in [6.45, 7) is 11.7. The Morgan fingerprint density at radius 1 is 0.778 bits per heavy atom. The Kier molecular flexibility index (Phi) is 8.26. The number of hydrogen-bond donors (Lipinski definition) is 1. The molecule has 10 nitrogen and oxygen atoms in total. The lowest BCUT2D eigenvalue weighted by Gasteiger charge is -2.24. The summed E-state index contributed by atoms with van der Waals surface area (Å²) in [5.74, 6) is 1.07. The first-order chi connectivity index (χ1) is 21.0. The van der Waals surface area contributed by atoms with Gasteiger partial charge in [0.05, 0.1) is 25.1 Å². The Bertz CT molecular complexity index is 1990. The molecule has 0 radical (unpaired) electrons. The number of ether oxygens (including phenoxy) is 3. The van der Waals surface area contributed by atoms with Crippen LogP contribution in [-0.2, 0) is 17.1 Å². The molecule has 5 rings (SSSR count).